The van der Waals surface area contributed by atoms with Gasteiger partial charge in [0, 0.05) is 41.7 Å². The lowest BCUT2D eigenvalue weighted by molar-refractivity contribution is -0.159. The van der Waals surface area contributed by atoms with E-state index in [1.807, 2.05) is 42.5 Å². The molecular formula is C58H72N4O17. The molecule has 2 unspecified atom stereocenters. The summed E-state index contributed by atoms with van der Waals surface area (Å²) in [5.74, 6) is 7.51. The van der Waals surface area contributed by atoms with Gasteiger partial charge in [0.15, 0.2) is 0 Å². The maximum absolute atomic E-state index is 13.1. The van der Waals surface area contributed by atoms with Crippen LogP contribution in [0.25, 0.3) is 21.5 Å². The summed E-state index contributed by atoms with van der Waals surface area (Å²) in [5, 5.41) is 53.4. The number of aromatic carboxylic acids is 1. The van der Waals surface area contributed by atoms with Crippen LogP contribution in [0.15, 0.2) is 72.8 Å². The zero-order valence-electron chi connectivity index (χ0n) is 46.4. The summed E-state index contributed by atoms with van der Waals surface area (Å²) in [6.07, 6.45) is 0.585. The van der Waals surface area contributed by atoms with Crippen molar-refractivity contribution in [1.29, 1.82) is 0 Å². The van der Waals surface area contributed by atoms with Gasteiger partial charge in [-0.3, -0.25) is 9.59 Å². The number of hydrogen-bond acceptors (Lipinski definition) is 15. The number of nitrogens with one attached hydrogen (secondary N) is 3. The third-order valence-corrected chi connectivity index (χ3v) is 11.8. The summed E-state index contributed by atoms with van der Waals surface area (Å²) >= 11 is 0. The summed E-state index contributed by atoms with van der Waals surface area (Å²) in [6.45, 7) is 17.3. The van der Waals surface area contributed by atoms with Gasteiger partial charge in [-0.25, -0.2) is 28.8 Å². The Morgan fingerprint density at radius 2 is 0.949 bits per heavy atom. The number of aliphatic hydroxyl groups excluding tert-OH is 2. The molecule has 10 N–H and O–H groups in total. The molecule has 0 heterocycles. The number of carbonyl (C=O) groups excluding carboxylic acids is 5. The number of fused-ring (bicyclic) bond motifs is 2. The minimum Gasteiger partial charge on any atom is -0.478 e. The first-order valence-electron chi connectivity index (χ1n) is 24.9. The number of methoxy groups -OCH3 is 2. The molecule has 4 aromatic carbocycles. The maximum Gasteiger partial charge on any atom is 0.414 e. The summed E-state index contributed by atoms with van der Waals surface area (Å²) in [7, 11) is 2.46. The molecule has 0 bridgehead atoms. The lowest BCUT2D eigenvalue weighted by Gasteiger charge is -2.34. The van der Waals surface area contributed by atoms with Crippen molar-refractivity contribution >= 4 is 69.5 Å². The van der Waals surface area contributed by atoms with Crippen LogP contribution >= 0.6 is 0 Å². The van der Waals surface area contributed by atoms with Gasteiger partial charge < -0.3 is 66.2 Å². The van der Waals surface area contributed by atoms with E-state index in [-0.39, 0.29) is 25.0 Å². The van der Waals surface area contributed by atoms with E-state index in [4.69, 9.17) is 55.1 Å². The number of rotatable bonds is 11. The second-order valence-corrected chi connectivity index (χ2v) is 21.7. The normalized spacial score (nSPS) is 16.8. The van der Waals surface area contributed by atoms with E-state index in [1.165, 1.54) is 14.2 Å². The van der Waals surface area contributed by atoms with Gasteiger partial charge in [0.05, 0.1) is 30.9 Å². The third-order valence-electron chi connectivity index (χ3n) is 11.8. The van der Waals surface area contributed by atoms with E-state index in [9.17, 15) is 28.8 Å². The van der Waals surface area contributed by atoms with Gasteiger partial charge in [-0.2, -0.15) is 0 Å². The van der Waals surface area contributed by atoms with Gasteiger partial charge in [0.1, 0.15) is 23.3 Å². The smallest absolute Gasteiger partial charge is 0.414 e. The number of nitrogens with two attached hydrogens (primary N) is 1. The molecule has 21 nitrogen and oxygen atoms in total. The van der Waals surface area contributed by atoms with Gasteiger partial charge in [0.2, 0.25) is 0 Å². The third kappa shape index (κ3) is 21.6. The number of aliphatic hydroxyl groups is 2. The van der Waals surface area contributed by atoms with Gasteiger partial charge in [-0.1, -0.05) is 47.9 Å². The number of carbonyl (C=O) groups is 8. The molecule has 6 rings (SSSR count). The lowest BCUT2D eigenvalue weighted by atomic mass is 9.94. The van der Waals surface area contributed by atoms with E-state index in [0.717, 1.165) is 45.5 Å². The fourth-order valence-electron chi connectivity index (χ4n) is 7.10. The van der Waals surface area contributed by atoms with Crippen LogP contribution in [0.4, 0.5) is 9.59 Å². The van der Waals surface area contributed by atoms with Crippen molar-refractivity contribution in [2.45, 2.75) is 116 Å². The topological polar surface area (TPSA) is 337 Å². The number of carboxylic acid groups (broad SMARTS) is 3. The van der Waals surface area contributed by atoms with Crippen LogP contribution in [0.3, 0.4) is 0 Å². The highest BCUT2D eigenvalue weighted by Gasteiger charge is 2.40. The number of amides is 3. The Balaban J connectivity index is 0.000000321. The molecule has 0 radical (unpaired) electrons. The van der Waals surface area contributed by atoms with Crippen LogP contribution in [-0.4, -0.2) is 135 Å². The zero-order chi connectivity index (χ0) is 59.8. The Bertz CT molecular complexity index is 3010. The largest absolute Gasteiger partial charge is 0.478 e. The monoisotopic (exact) mass is 1100 g/mol. The van der Waals surface area contributed by atoms with E-state index in [1.54, 1.807) is 99.6 Å². The standard InChI is InChI=1S/C28H34N2O6.C17H14O3.C11H22N2O4.C2H2O4/c1-27(2,3)36-26(34)30-28(4,5)23(25(33)35-6)29-24(32)21-12-11-18-13-17(7-9-19(18)14-21)8-10-20-15-22(20)16-31;18-10-16-9-14(16)4-2-11-1-3-13-8-15(17(19)20)6-5-12(13)7-11;1-10(2,3)17-9(15)13-11(4,5)7(12)8(14)16-6;3-1(4)2(5)6/h7,9,11-14,20,22-23,31H,15-16H2,1-6H3,(H,29,32)(H,30,34);1,3,5-8,14,16,18H,9-10H2,(H,19,20);7H,12H2,1-6H3,(H,13,15);(H,3,4)(H,5,6)/t20?,22-,23-;14?,16-;7-;/m111./s1. The van der Waals surface area contributed by atoms with Crippen molar-refractivity contribution in [2.75, 3.05) is 27.4 Å². The average Bonchev–Trinajstić information content (AvgIpc) is 4.30. The molecule has 2 aliphatic carbocycles. The minimum absolute atomic E-state index is 0.174. The summed E-state index contributed by atoms with van der Waals surface area (Å²) in [6, 6.07) is 19.6. The molecule has 2 saturated carbocycles. The Labute approximate surface area is 458 Å². The Hall–Kier alpha value is -8.24. The molecule has 0 aliphatic heterocycles. The van der Waals surface area contributed by atoms with Crippen LogP contribution in [0.5, 0.6) is 0 Å². The van der Waals surface area contributed by atoms with E-state index in [2.05, 4.69) is 44.4 Å². The second kappa shape index (κ2) is 27.9. The summed E-state index contributed by atoms with van der Waals surface area (Å²) < 4.78 is 19.8. The molecule has 0 saturated heterocycles. The number of alkyl carbamates (subject to hydrolysis) is 2. The number of ether oxygens (including phenoxy) is 4. The zero-order valence-corrected chi connectivity index (χ0v) is 46.4. The molecule has 3 amide bonds. The first-order valence-corrected chi connectivity index (χ1v) is 24.9. The molecule has 2 aliphatic rings. The predicted molar refractivity (Wildman–Crippen MR) is 291 cm³/mol. The van der Waals surface area contributed by atoms with Crippen LogP contribution in [-0.2, 0) is 38.1 Å². The van der Waals surface area contributed by atoms with Crippen molar-refractivity contribution in [2.24, 2.45) is 29.4 Å². The average molecular weight is 1100 g/mol. The molecule has 6 atom stereocenters. The van der Waals surface area contributed by atoms with Crippen LogP contribution in [0.1, 0.15) is 114 Å². The van der Waals surface area contributed by atoms with Crippen molar-refractivity contribution in [3.63, 3.8) is 0 Å². The number of carboxylic acids is 3. The lowest BCUT2D eigenvalue weighted by Crippen LogP contribution is -2.62. The Morgan fingerprint density at radius 1 is 0.570 bits per heavy atom. The molecule has 79 heavy (non-hydrogen) atoms. The molecular weight excluding hydrogens is 1020 g/mol. The highest BCUT2D eigenvalue weighted by molar-refractivity contribution is 6.27. The molecule has 2 fully saturated rings. The van der Waals surface area contributed by atoms with Gasteiger partial charge in [-0.05, 0) is 164 Å². The highest BCUT2D eigenvalue weighted by atomic mass is 16.6. The first kappa shape index (κ1) is 65.0. The maximum atomic E-state index is 13.1. The van der Waals surface area contributed by atoms with E-state index >= 15 is 0 Å². The molecule has 0 aromatic heterocycles. The van der Waals surface area contributed by atoms with E-state index < -0.39 is 82.3 Å². The second-order valence-electron chi connectivity index (χ2n) is 21.7. The first-order chi connectivity index (χ1) is 36.6. The fourth-order valence-corrected chi connectivity index (χ4v) is 7.10. The SMILES string of the molecule is COC(=O)[C@@H](N)C(C)(C)NC(=O)OC(C)(C)C.COC(=O)[C@@H](NC(=O)c1ccc2cc(C#CC3C[C@@H]3CO)ccc2c1)C(C)(C)NC(=O)OC(C)(C)C.O=C(O)C(=O)O.O=C(O)c1ccc2cc(C#CC3C[C@@H]3CO)ccc2c1. The minimum atomic E-state index is -1.82. The Kier molecular flexibility index (Phi) is 23.0. The summed E-state index contributed by atoms with van der Waals surface area (Å²) in [5.41, 5.74) is 4.63. The van der Waals surface area contributed by atoms with Gasteiger partial charge in [0.25, 0.3) is 5.91 Å². The Morgan fingerprint density at radius 3 is 1.32 bits per heavy atom. The molecule has 4 aromatic rings. The number of benzene rings is 4. The van der Waals surface area contributed by atoms with Crippen molar-refractivity contribution in [3.8, 4) is 23.7 Å². The van der Waals surface area contributed by atoms with Crippen LogP contribution in [0, 0.1) is 47.4 Å². The van der Waals surface area contributed by atoms with Crippen LogP contribution < -0.4 is 21.7 Å². The number of hydrogen-bond donors (Lipinski definition) is 9. The summed E-state index contributed by atoms with van der Waals surface area (Å²) in [4.78, 5) is 89.9. The predicted octanol–water partition coefficient (Wildman–Crippen LogP) is 5.86. The van der Waals surface area contributed by atoms with Crippen molar-refractivity contribution in [1.82, 2.24) is 16.0 Å². The number of aliphatic carboxylic acids is 2. The van der Waals surface area contributed by atoms with E-state index in [0.29, 0.717) is 23.0 Å². The highest BCUT2D eigenvalue weighted by Crippen LogP contribution is 2.38. The molecule has 426 valence electrons. The quantitative estimate of drug-likeness (QED) is 0.0368. The molecule has 0 spiro atoms. The van der Waals surface area contributed by atoms with Crippen LogP contribution in [0.2, 0.25) is 0 Å². The van der Waals surface area contributed by atoms with Crippen molar-refractivity contribution in [3.05, 3.63) is 95.1 Å². The molecule has 21 heteroatoms. The van der Waals surface area contributed by atoms with Gasteiger partial charge >= 0.3 is 42.0 Å². The van der Waals surface area contributed by atoms with Gasteiger partial charge in [-0.15, -0.1) is 0 Å². The number of esters is 2. The fraction of sp³-hybridized carbons (Fsp3) is 0.448. The van der Waals surface area contributed by atoms with Crippen molar-refractivity contribution < 1.29 is 82.8 Å².